The highest BCUT2D eigenvalue weighted by atomic mass is 32.1. The van der Waals surface area contributed by atoms with E-state index in [0.717, 1.165) is 17.5 Å². The Hall–Kier alpha value is -3.63. The van der Waals surface area contributed by atoms with Crippen LogP contribution in [0.3, 0.4) is 0 Å². The maximum absolute atomic E-state index is 14.1. The highest BCUT2D eigenvalue weighted by molar-refractivity contribution is 7.10. The average Bonchev–Trinajstić information content (AvgIpc) is 3.37. The van der Waals surface area contributed by atoms with Crippen molar-refractivity contribution in [3.05, 3.63) is 97.5 Å². The molecular formula is C27H27FN4O4S. The molecule has 0 N–H and O–H groups in total. The Balaban J connectivity index is 1.26. The van der Waals surface area contributed by atoms with Gasteiger partial charge < -0.3 is 9.80 Å². The molecule has 3 heterocycles. The molecule has 0 spiro atoms. The van der Waals surface area contributed by atoms with Crippen LogP contribution in [0.4, 0.5) is 10.1 Å². The van der Waals surface area contributed by atoms with Gasteiger partial charge in [0.15, 0.2) is 0 Å². The van der Waals surface area contributed by atoms with E-state index in [0.29, 0.717) is 31.7 Å². The number of non-ortho nitro benzene ring substituents is 1. The maximum Gasteiger partial charge on any atom is 0.269 e. The second kappa shape index (κ2) is 10.4. The SMILES string of the molecule is C[C@H]1CN(C(=O)CN2CCc3sccc3[C@@H]2c2cccc(F)c2)CCN1C(=O)c1ccc([N+](=O)[O-])cc1. The van der Waals surface area contributed by atoms with Crippen LogP contribution in [0.1, 0.15) is 39.3 Å². The molecule has 192 valence electrons. The standard InChI is InChI=1S/C27H27FN4O4S/c1-18-16-29(12-13-31(18)27(34)19-5-7-22(8-6-19)32(35)36)25(33)17-30-11-9-24-23(10-14-37-24)26(30)20-3-2-4-21(28)15-20/h2-8,10,14-15,18,26H,9,11-13,16-17H2,1H3/t18-,26-/m0/s1. The fraction of sp³-hybridized carbons (Fsp3) is 0.333. The number of nitro benzene ring substituents is 1. The van der Waals surface area contributed by atoms with Crippen molar-refractivity contribution >= 4 is 28.8 Å². The molecular weight excluding hydrogens is 495 g/mol. The highest BCUT2D eigenvalue weighted by Gasteiger charge is 2.35. The number of benzene rings is 2. The first-order valence-corrected chi connectivity index (χ1v) is 13.1. The molecule has 2 aliphatic rings. The van der Waals surface area contributed by atoms with Gasteiger partial charge in [-0.3, -0.25) is 24.6 Å². The zero-order valence-corrected chi connectivity index (χ0v) is 21.2. The van der Waals surface area contributed by atoms with Gasteiger partial charge in [0.25, 0.3) is 11.6 Å². The quantitative estimate of drug-likeness (QED) is 0.372. The third-order valence-electron chi connectivity index (χ3n) is 7.13. The lowest BCUT2D eigenvalue weighted by Gasteiger charge is -2.42. The van der Waals surface area contributed by atoms with Gasteiger partial charge >= 0.3 is 0 Å². The second-order valence-electron chi connectivity index (χ2n) is 9.47. The van der Waals surface area contributed by atoms with Gasteiger partial charge in [0.1, 0.15) is 5.82 Å². The van der Waals surface area contributed by atoms with E-state index in [2.05, 4.69) is 11.0 Å². The molecule has 5 rings (SSSR count). The Labute approximate surface area is 218 Å². The van der Waals surface area contributed by atoms with Crippen molar-refractivity contribution in [2.75, 3.05) is 32.7 Å². The minimum Gasteiger partial charge on any atom is -0.338 e. The molecule has 2 aliphatic heterocycles. The van der Waals surface area contributed by atoms with Gasteiger partial charge in [0.2, 0.25) is 5.91 Å². The third-order valence-corrected chi connectivity index (χ3v) is 8.13. The number of amides is 2. The predicted molar refractivity (Wildman–Crippen MR) is 138 cm³/mol. The van der Waals surface area contributed by atoms with Crippen LogP contribution < -0.4 is 0 Å². The van der Waals surface area contributed by atoms with Gasteiger partial charge in [-0.25, -0.2) is 4.39 Å². The molecule has 2 atom stereocenters. The van der Waals surface area contributed by atoms with Crippen molar-refractivity contribution in [1.29, 1.82) is 0 Å². The van der Waals surface area contributed by atoms with Crippen molar-refractivity contribution in [2.45, 2.75) is 25.4 Å². The van der Waals surface area contributed by atoms with Gasteiger partial charge in [0.05, 0.1) is 17.5 Å². The van der Waals surface area contributed by atoms with Crippen molar-refractivity contribution < 1.29 is 18.9 Å². The monoisotopic (exact) mass is 522 g/mol. The van der Waals surface area contributed by atoms with Gasteiger partial charge in [-0.2, -0.15) is 0 Å². The molecule has 1 aromatic heterocycles. The van der Waals surface area contributed by atoms with E-state index in [1.54, 1.807) is 33.3 Å². The van der Waals surface area contributed by atoms with Crippen LogP contribution in [0.15, 0.2) is 60.0 Å². The lowest BCUT2D eigenvalue weighted by atomic mass is 9.93. The van der Waals surface area contributed by atoms with E-state index in [4.69, 9.17) is 0 Å². The van der Waals surface area contributed by atoms with E-state index in [-0.39, 0.29) is 41.9 Å². The molecule has 0 unspecified atom stereocenters. The van der Waals surface area contributed by atoms with Crippen molar-refractivity contribution in [3.63, 3.8) is 0 Å². The summed E-state index contributed by atoms with van der Waals surface area (Å²) in [4.78, 5) is 43.7. The van der Waals surface area contributed by atoms with E-state index in [1.807, 2.05) is 18.4 Å². The Morgan fingerprint density at radius 1 is 1.11 bits per heavy atom. The Kier molecular flexibility index (Phi) is 7.03. The minimum atomic E-state index is -0.498. The van der Waals surface area contributed by atoms with Crippen molar-refractivity contribution in [3.8, 4) is 0 Å². The van der Waals surface area contributed by atoms with Gasteiger partial charge in [-0.05, 0) is 60.2 Å². The third kappa shape index (κ3) is 5.12. The van der Waals surface area contributed by atoms with E-state index >= 15 is 0 Å². The Morgan fingerprint density at radius 3 is 2.59 bits per heavy atom. The number of carbonyl (C=O) groups is 2. The zero-order chi connectivity index (χ0) is 26.1. The Morgan fingerprint density at radius 2 is 1.89 bits per heavy atom. The van der Waals surface area contributed by atoms with Crippen LogP contribution in [0.5, 0.6) is 0 Å². The number of hydrogen-bond acceptors (Lipinski definition) is 6. The number of piperazine rings is 1. The molecule has 0 saturated carbocycles. The number of nitro groups is 1. The van der Waals surface area contributed by atoms with Crippen molar-refractivity contribution in [1.82, 2.24) is 14.7 Å². The summed E-state index contributed by atoms with van der Waals surface area (Å²) in [6, 6.07) is 13.8. The van der Waals surface area contributed by atoms with Gasteiger partial charge in [-0.1, -0.05) is 12.1 Å². The molecule has 3 aromatic rings. The molecule has 0 aliphatic carbocycles. The van der Waals surface area contributed by atoms with Crippen LogP contribution in [0.25, 0.3) is 0 Å². The number of nitrogens with zero attached hydrogens (tertiary/aromatic N) is 4. The summed E-state index contributed by atoms with van der Waals surface area (Å²) in [5.74, 6) is -0.523. The van der Waals surface area contributed by atoms with E-state index < -0.39 is 4.92 Å². The first-order chi connectivity index (χ1) is 17.8. The maximum atomic E-state index is 14.1. The topological polar surface area (TPSA) is 87.0 Å². The summed E-state index contributed by atoms with van der Waals surface area (Å²) in [6.45, 7) is 4.00. The average molecular weight is 523 g/mol. The van der Waals surface area contributed by atoms with Crippen LogP contribution in [-0.4, -0.2) is 70.2 Å². The lowest BCUT2D eigenvalue weighted by Crippen LogP contribution is -2.57. The predicted octanol–water partition coefficient (Wildman–Crippen LogP) is 4.12. The van der Waals surface area contributed by atoms with Crippen LogP contribution >= 0.6 is 11.3 Å². The largest absolute Gasteiger partial charge is 0.338 e. The molecule has 8 nitrogen and oxygen atoms in total. The summed E-state index contributed by atoms with van der Waals surface area (Å²) in [5, 5.41) is 12.9. The fourth-order valence-corrected chi connectivity index (χ4v) is 6.16. The van der Waals surface area contributed by atoms with Gasteiger partial charge in [-0.15, -0.1) is 11.3 Å². The molecule has 2 aromatic carbocycles. The molecule has 37 heavy (non-hydrogen) atoms. The smallest absolute Gasteiger partial charge is 0.269 e. The van der Waals surface area contributed by atoms with Crippen LogP contribution in [0.2, 0.25) is 0 Å². The normalized spacial score (nSPS) is 19.9. The molecule has 1 fully saturated rings. The summed E-state index contributed by atoms with van der Waals surface area (Å²) < 4.78 is 14.1. The summed E-state index contributed by atoms with van der Waals surface area (Å²) >= 11 is 1.69. The molecule has 10 heteroatoms. The molecule has 0 bridgehead atoms. The first kappa shape index (κ1) is 25.0. The van der Waals surface area contributed by atoms with Crippen molar-refractivity contribution in [2.24, 2.45) is 0 Å². The molecule has 2 amide bonds. The Bertz CT molecular complexity index is 1330. The van der Waals surface area contributed by atoms with Gasteiger partial charge in [0, 0.05) is 54.8 Å². The van der Waals surface area contributed by atoms with Crippen LogP contribution in [-0.2, 0) is 11.2 Å². The number of rotatable bonds is 5. The number of carbonyl (C=O) groups excluding carboxylic acids is 2. The minimum absolute atomic E-state index is 0.0191. The number of fused-ring (bicyclic) bond motifs is 1. The summed E-state index contributed by atoms with van der Waals surface area (Å²) in [6.07, 6.45) is 0.847. The number of thiophene rings is 1. The van der Waals surface area contributed by atoms with Crippen LogP contribution in [0, 0.1) is 15.9 Å². The number of hydrogen-bond donors (Lipinski definition) is 0. The molecule has 0 radical (unpaired) electrons. The number of halogens is 1. The zero-order valence-electron chi connectivity index (χ0n) is 20.4. The van der Waals surface area contributed by atoms with E-state index in [9.17, 15) is 24.1 Å². The lowest BCUT2D eigenvalue weighted by molar-refractivity contribution is -0.384. The van der Waals surface area contributed by atoms with E-state index in [1.165, 1.54) is 35.2 Å². The molecule has 1 saturated heterocycles. The summed E-state index contributed by atoms with van der Waals surface area (Å²) in [5.41, 5.74) is 2.28. The summed E-state index contributed by atoms with van der Waals surface area (Å²) in [7, 11) is 0. The fourth-order valence-electron chi connectivity index (χ4n) is 5.26. The first-order valence-electron chi connectivity index (χ1n) is 12.2. The highest BCUT2D eigenvalue weighted by Crippen LogP contribution is 2.37. The second-order valence-corrected chi connectivity index (χ2v) is 10.5.